The average molecular weight is 631 g/mol. The predicted molar refractivity (Wildman–Crippen MR) is 169 cm³/mol. The molecule has 0 amide bonds. The number of hydrogen-bond donors (Lipinski definition) is 3. The summed E-state index contributed by atoms with van der Waals surface area (Å²) in [6.07, 6.45) is 10.5. The molecule has 2 fully saturated rings. The van der Waals surface area contributed by atoms with Crippen LogP contribution in [0.3, 0.4) is 0 Å². The Balaban J connectivity index is 1.31. The lowest BCUT2D eigenvalue weighted by atomic mass is 9.70. The third-order valence-corrected chi connectivity index (χ3v) is 11.7. The van der Waals surface area contributed by atoms with Crippen molar-refractivity contribution in [3.8, 4) is 5.75 Å². The third-order valence-electron chi connectivity index (χ3n) is 9.90. The minimum Gasteiger partial charge on any atom is -0.487 e. The third kappa shape index (κ3) is 7.39. The molecule has 1 heterocycles. The molecular weight excluding hydrogens is 588 g/mol. The van der Waals surface area contributed by atoms with Gasteiger partial charge in [0.25, 0.3) is 0 Å². The molecule has 2 aromatic carbocycles. The van der Waals surface area contributed by atoms with E-state index in [0.717, 1.165) is 62.7 Å². The number of sulfonamides is 1. The van der Waals surface area contributed by atoms with Gasteiger partial charge in [0.1, 0.15) is 12.4 Å². The van der Waals surface area contributed by atoms with Gasteiger partial charge in [-0.05, 0) is 110 Å². The highest BCUT2D eigenvalue weighted by Gasteiger charge is 2.44. The molecule has 5 atom stereocenters. The van der Waals surface area contributed by atoms with Gasteiger partial charge in [0.15, 0.2) is 0 Å². The van der Waals surface area contributed by atoms with Gasteiger partial charge in [-0.3, -0.25) is 0 Å². The molecule has 10 heteroatoms. The number of allylic oxidation sites excluding steroid dienone is 1. The van der Waals surface area contributed by atoms with Crippen LogP contribution in [0.4, 0.5) is 5.69 Å². The number of primary sulfonamides is 1. The maximum absolute atomic E-state index is 12.1. The van der Waals surface area contributed by atoms with Crippen molar-refractivity contribution in [3.05, 3.63) is 70.3 Å². The molecule has 0 bridgehead atoms. The standard InChI is InChI=1S/C33H43ClN2O6S/c1-33(16-5-8-31(33)43(35,40)41)15-4-7-29(37)27-13-10-24(27)20-36-17-3-2-6-22-18-26(34)12-9-25(22)21-42-30-14-11-23(32(38)39)19-28(30)36/h4,7,9,11-12,14,18-19,24,27,29,31,37H,2-3,5-6,8,10,13,15-17,20-21H2,1H3,(H,38,39)(H2,35,40,41)/b7-4+/t24-,27+,29-,31-,33-/m0/s1. The van der Waals surface area contributed by atoms with Gasteiger partial charge in [0, 0.05) is 18.1 Å². The Morgan fingerprint density at radius 3 is 2.70 bits per heavy atom. The summed E-state index contributed by atoms with van der Waals surface area (Å²) in [5.74, 6) is -0.0577. The van der Waals surface area contributed by atoms with Crippen molar-refractivity contribution in [1.29, 1.82) is 0 Å². The number of rotatable bonds is 8. The van der Waals surface area contributed by atoms with E-state index >= 15 is 0 Å². The van der Waals surface area contributed by atoms with Crippen LogP contribution >= 0.6 is 11.6 Å². The molecule has 43 heavy (non-hydrogen) atoms. The van der Waals surface area contributed by atoms with E-state index < -0.39 is 32.8 Å². The van der Waals surface area contributed by atoms with Crippen LogP contribution < -0.4 is 14.8 Å². The first-order valence-electron chi connectivity index (χ1n) is 15.3. The number of anilines is 1. The Hall–Kier alpha value is -2.59. The van der Waals surface area contributed by atoms with Crippen LogP contribution in [0.1, 0.15) is 79.8 Å². The smallest absolute Gasteiger partial charge is 0.335 e. The summed E-state index contributed by atoms with van der Waals surface area (Å²) in [6.45, 7) is 3.75. The topological polar surface area (TPSA) is 130 Å². The Bertz CT molecular complexity index is 1460. The first-order valence-corrected chi connectivity index (χ1v) is 17.3. The highest BCUT2D eigenvalue weighted by Crippen LogP contribution is 2.45. The minimum absolute atomic E-state index is 0.0678. The number of fused-ring (bicyclic) bond motifs is 2. The number of halogens is 1. The number of nitrogens with two attached hydrogens (primary N) is 1. The van der Waals surface area contributed by atoms with Crippen LogP contribution in [-0.4, -0.2) is 49.0 Å². The number of carbonyl (C=O) groups is 1. The van der Waals surface area contributed by atoms with Crippen LogP contribution in [0.5, 0.6) is 5.75 Å². The van der Waals surface area contributed by atoms with Crippen molar-refractivity contribution < 1.29 is 28.2 Å². The van der Waals surface area contributed by atoms with E-state index in [9.17, 15) is 23.4 Å². The second-order valence-electron chi connectivity index (χ2n) is 12.8. The molecule has 2 aromatic rings. The molecule has 0 unspecified atom stereocenters. The van der Waals surface area contributed by atoms with Gasteiger partial charge < -0.3 is 19.8 Å². The van der Waals surface area contributed by atoms with Crippen LogP contribution in [-0.2, 0) is 23.1 Å². The molecule has 4 N–H and O–H groups in total. The highest BCUT2D eigenvalue weighted by atomic mass is 35.5. The Morgan fingerprint density at radius 2 is 1.98 bits per heavy atom. The summed E-state index contributed by atoms with van der Waals surface area (Å²) in [5, 5.41) is 26.6. The SMILES string of the molecule is C[C@]1(C/C=C/[C@H](O)[C@@H]2CC[C@H]2CN2CCCCc3cc(Cl)ccc3COc3ccc(C(=O)O)cc32)CCC[C@@H]1S(N)(=O)=O. The molecular formula is C33H43ClN2O6S. The Labute approximate surface area is 259 Å². The number of aromatic carboxylic acids is 1. The lowest BCUT2D eigenvalue weighted by Crippen LogP contribution is -2.43. The fourth-order valence-corrected chi connectivity index (χ4v) is 8.94. The molecule has 3 aliphatic rings. The maximum Gasteiger partial charge on any atom is 0.335 e. The predicted octanol–water partition coefficient (Wildman–Crippen LogP) is 5.94. The Morgan fingerprint density at radius 1 is 1.16 bits per heavy atom. The van der Waals surface area contributed by atoms with Crippen LogP contribution in [0.15, 0.2) is 48.6 Å². The minimum atomic E-state index is -3.61. The van der Waals surface area contributed by atoms with Gasteiger partial charge in [-0.15, -0.1) is 0 Å². The molecule has 234 valence electrons. The second kappa shape index (κ2) is 13.2. The zero-order chi connectivity index (χ0) is 30.8. The van der Waals surface area contributed by atoms with Crippen LogP contribution in [0.2, 0.25) is 5.02 Å². The largest absolute Gasteiger partial charge is 0.487 e. The normalized spacial score (nSPS) is 27.0. The molecule has 0 spiro atoms. The van der Waals surface area contributed by atoms with Gasteiger partial charge in [0.05, 0.1) is 22.6 Å². The summed E-state index contributed by atoms with van der Waals surface area (Å²) in [5.41, 5.74) is 2.79. The molecule has 0 radical (unpaired) electrons. The van der Waals surface area contributed by atoms with Gasteiger partial charge in [-0.2, -0.15) is 0 Å². The van der Waals surface area contributed by atoms with Gasteiger partial charge >= 0.3 is 5.97 Å². The van der Waals surface area contributed by atoms with E-state index in [1.54, 1.807) is 18.2 Å². The Kier molecular flexibility index (Phi) is 9.76. The number of aliphatic hydroxyl groups is 1. The van der Waals surface area contributed by atoms with Gasteiger partial charge in [0.2, 0.25) is 10.0 Å². The van der Waals surface area contributed by atoms with Crippen molar-refractivity contribution in [2.24, 2.45) is 22.4 Å². The zero-order valence-corrected chi connectivity index (χ0v) is 26.3. The fourth-order valence-electron chi connectivity index (χ4n) is 7.24. The summed E-state index contributed by atoms with van der Waals surface area (Å²) in [4.78, 5) is 14.1. The number of ether oxygens (including phenoxy) is 1. The average Bonchev–Trinajstić information content (AvgIpc) is 3.32. The monoisotopic (exact) mass is 630 g/mol. The van der Waals surface area contributed by atoms with E-state index in [2.05, 4.69) is 4.90 Å². The van der Waals surface area contributed by atoms with Crippen LogP contribution in [0.25, 0.3) is 0 Å². The number of carboxylic acids is 1. The fraction of sp³-hybridized carbons (Fsp3) is 0.545. The van der Waals surface area contributed by atoms with E-state index in [0.29, 0.717) is 36.8 Å². The summed E-state index contributed by atoms with van der Waals surface area (Å²) < 4.78 is 30.5. The van der Waals surface area contributed by atoms with Crippen molar-refractivity contribution in [2.45, 2.75) is 82.7 Å². The number of aliphatic hydroxyl groups excluding tert-OH is 1. The number of nitrogens with zero attached hydrogens (tertiary/aromatic N) is 1. The number of benzene rings is 2. The zero-order valence-electron chi connectivity index (χ0n) is 24.8. The summed E-state index contributed by atoms with van der Waals surface area (Å²) in [7, 11) is -3.61. The van der Waals surface area contributed by atoms with Crippen molar-refractivity contribution >= 4 is 33.3 Å². The number of aryl methyl sites for hydroxylation is 1. The highest BCUT2D eigenvalue weighted by molar-refractivity contribution is 7.89. The van der Waals surface area contributed by atoms with E-state index in [-0.39, 0.29) is 17.4 Å². The first kappa shape index (κ1) is 31.8. The van der Waals surface area contributed by atoms with E-state index in [1.807, 2.05) is 37.3 Å². The first-order chi connectivity index (χ1) is 20.4. The number of carboxylic acid groups (broad SMARTS) is 1. The molecule has 0 saturated heterocycles. The second-order valence-corrected chi connectivity index (χ2v) is 15.0. The number of hydrogen-bond acceptors (Lipinski definition) is 6. The quantitative estimate of drug-likeness (QED) is 0.308. The van der Waals surface area contributed by atoms with E-state index in [4.69, 9.17) is 21.5 Å². The molecule has 2 aliphatic carbocycles. The van der Waals surface area contributed by atoms with Crippen molar-refractivity contribution in [3.63, 3.8) is 0 Å². The van der Waals surface area contributed by atoms with Crippen molar-refractivity contribution in [2.75, 3.05) is 18.0 Å². The van der Waals surface area contributed by atoms with Gasteiger partial charge in [-0.25, -0.2) is 18.4 Å². The van der Waals surface area contributed by atoms with Crippen molar-refractivity contribution in [1.82, 2.24) is 0 Å². The lowest BCUT2D eigenvalue weighted by Gasteiger charge is -2.42. The van der Waals surface area contributed by atoms with Gasteiger partial charge in [-0.1, -0.05) is 43.2 Å². The van der Waals surface area contributed by atoms with E-state index in [1.165, 1.54) is 5.56 Å². The summed E-state index contributed by atoms with van der Waals surface area (Å²) >= 11 is 6.28. The van der Waals surface area contributed by atoms with Crippen LogP contribution in [0, 0.1) is 17.3 Å². The molecule has 8 nitrogen and oxygen atoms in total. The molecule has 5 rings (SSSR count). The maximum atomic E-state index is 12.1. The molecule has 0 aromatic heterocycles. The molecule has 2 saturated carbocycles. The summed E-state index contributed by atoms with van der Waals surface area (Å²) in [6, 6.07) is 10.9. The lowest BCUT2D eigenvalue weighted by molar-refractivity contribution is 0.0460. The molecule has 1 aliphatic heterocycles.